The second-order valence-electron chi connectivity index (χ2n) is 13.7. The smallest absolute Gasteiger partial charge is 0.235 e. The summed E-state index contributed by atoms with van der Waals surface area (Å²) in [5.74, 6) is 1.41. The zero-order valence-corrected chi connectivity index (χ0v) is 27.8. The molecule has 0 atom stereocenters. The normalized spacial score (nSPS) is 12.9. The minimum absolute atomic E-state index is 0.0755. The number of nitrogens with zero attached hydrogens (tertiary/aromatic N) is 6. The Balaban J connectivity index is 1.31. The summed E-state index contributed by atoms with van der Waals surface area (Å²) in [6, 6.07) is 34.6. The predicted octanol–water partition coefficient (Wildman–Crippen LogP) is 9.48. The van der Waals surface area contributed by atoms with Gasteiger partial charge in [-0.1, -0.05) is 69.3 Å². The van der Waals surface area contributed by atoms with Gasteiger partial charge in [-0.3, -0.25) is 9.13 Å². The third kappa shape index (κ3) is 4.57. The first-order chi connectivity index (χ1) is 22.1. The van der Waals surface area contributed by atoms with Gasteiger partial charge < -0.3 is 0 Å². The molecule has 0 saturated carbocycles. The predicted molar refractivity (Wildman–Crippen MR) is 194 cm³/mol. The molecule has 8 rings (SSSR count). The third-order valence-corrected chi connectivity index (χ3v) is 10.2. The van der Waals surface area contributed by atoms with E-state index in [0.717, 1.165) is 43.9 Å². The molecular weight excluding hydrogens is 585 g/mol. The summed E-state index contributed by atoms with van der Waals surface area (Å²) < 4.78 is 4.39. The molecule has 228 valence electrons. The van der Waals surface area contributed by atoms with Crippen molar-refractivity contribution in [3.05, 3.63) is 115 Å². The molecule has 0 saturated heterocycles. The van der Waals surface area contributed by atoms with E-state index >= 15 is 0 Å². The van der Waals surface area contributed by atoms with Gasteiger partial charge in [0.15, 0.2) is 0 Å². The van der Waals surface area contributed by atoms with E-state index in [2.05, 4.69) is 134 Å². The van der Waals surface area contributed by atoms with Gasteiger partial charge in [0.25, 0.3) is 0 Å². The summed E-state index contributed by atoms with van der Waals surface area (Å²) in [5, 5.41) is 5.82. The van der Waals surface area contributed by atoms with Crippen molar-refractivity contribution in [2.24, 2.45) is 0 Å². The van der Waals surface area contributed by atoms with E-state index < -0.39 is 10.0 Å². The van der Waals surface area contributed by atoms with Crippen molar-refractivity contribution >= 4 is 53.6 Å². The molecule has 6 nitrogen and oxygen atoms in total. The van der Waals surface area contributed by atoms with Gasteiger partial charge in [0.2, 0.25) is 11.9 Å². The average molecular weight is 621 g/mol. The van der Waals surface area contributed by atoms with Crippen molar-refractivity contribution in [2.75, 3.05) is 18.8 Å². The van der Waals surface area contributed by atoms with Crippen LogP contribution in [-0.4, -0.2) is 47.8 Å². The Morgan fingerprint density at radius 2 is 1.00 bits per heavy atom. The Labute approximate surface area is 270 Å². The van der Waals surface area contributed by atoms with E-state index in [0.29, 0.717) is 11.9 Å². The highest BCUT2D eigenvalue weighted by Crippen LogP contribution is 2.44. The Bertz CT molecular complexity index is 2280. The Hall–Kier alpha value is -5.01. The van der Waals surface area contributed by atoms with Gasteiger partial charge in [-0.2, -0.15) is 0 Å². The third-order valence-electron chi connectivity index (χ3n) is 8.73. The highest BCUT2D eigenvalue weighted by atomic mass is 32.3. The monoisotopic (exact) mass is 620 g/mol. The molecule has 0 aliphatic heterocycles. The van der Waals surface area contributed by atoms with E-state index in [-0.39, 0.29) is 5.41 Å². The Morgan fingerprint density at radius 1 is 0.522 bits per heavy atom. The van der Waals surface area contributed by atoms with Crippen molar-refractivity contribution in [3.63, 3.8) is 0 Å². The van der Waals surface area contributed by atoms with Crippen LogP contribution >= 0.6 is 10.0 Å². The van der Waals surface area contributed by atoms with E-state index in [1.165, 1.54) is 21.5 Å². The minimum Gasteiger partial charge on any atom is -0.278 e. The molecular formula is C39H36N6S. The van der Waals surface area contributed by atoms with Gasteiger partial charge in [-0.05, 0) is 78.4 Å². The SMILES string of the molecule is CC(C)(C)c1ccnc(-n2c3ccccc3c3cc(-c4ccc5c(c4)c4ccccc4n5-c4nccc(S(C)(C)C)n4)ccc32)n1. The maximum atomic E-state index is 5.05. The van der Waals surface area contributed by atoms with Crippen LogP contribution in [0.4, 0.5) is 0 Å². The zero-order chi connectivity index (χ0) is 31.8. The van der Waals surface area contributed by atoms with Crippen LogP contribution in [0.1, 0.15) is 26.5 Å². The topological polar surface area (TPSA) is 61.4 Å². The number of hydrogen-bond acceptors (Lipinski definition) is 4. The lowest BCUT2D eigenvalue weighted by Gasteiger charge is -2.24. The lowest BCUT2D eigenvalue weighted by Crippen LogP contribution is -2.15. The highest BCUT2D eigenvalue weighted by Gasteiger charge is 2.21. The largest absolute Gasteiger partial charge is 0.278 e. The number of para-hydroxylation sites is 2. The van der Waals surface area contributed by atoms with E-state index in [1.807, 2.05) is 24.5 Å². The standard InChI is InChI=1S/C39H36N6S/c1-39(2,3)35-19-21-40-37(42-35)44-31-13-9-7-11-27(31)29-23-25(15-17-33(29)44)26-16-18-34-30(24-26)28-12-8-10-14-32(28)45(34)38-41-22-20-36(43-38)46(4,5)6/h7-24H,1-6H3. The molecule has 0 spiro atoms. The summed E-state index contributed by atoms with van der Waals surface area (Å²) in [6.45, 7) is 6.55. The molecule has 0 aliphatic carbocycles. The van der Waals surface area contributed by atoms with Gasteiger partial charge in [0.1, 0.15) is 0 Å². The molecule has 0 N–H and O–H groups in total. The van der Waals surface area contributed by atoms with Crippen molar-refractivity contribution in [2.45, 2.75) is 31.2 Å². The van der Waals surface area contributed by atoms with Gasteiger partial charge in [0.05, 0.1) is 32.8 Å². The van der Waals surface area contributed by atoms with Gasteiger partial charge in [-0.25, -0.2) is 30.0 Å². The number of rotatable bonds is 4. The van der Waals surface area contributed by atoms with Crippen LogP contribution in [0.2, 0.25) is 0 Å². The maximum Gasteiger partial charge on any atom is 0.235 e. The molecule has 4 heterocycles. The van der Waals surface area contributed by atoms with Crippen molar-refractivity contribution in [1.29, 1.82) is 0 Å². The molecule has 4 aromatic carbocycles. The zero-order valence-electron chi connectivity index (χ0n) is 27.0. The second-order valence-corrected chi connectivity index (χ2v) is 17.8. The maximum absolute atomic E-state index is 5.05. The van der Waals surface area contributed by atoms with Crippen LogP contribution in [0.15, 0.2) is 114 Å². The van der Waals surface area contributed by atoms with Crippen molar-refractivity contribution < 1.29 is 0 Å². The Morgan fingerprint density at radius 3 is 1.52 bits per heavy atom. The van der Waals surface area contributed by atoms with Crippen LogP contribution in [0.25, 0.3) is 66.6 Å². The molecule has 8 aromatic rings. The summed E-state index contributed by atoms with van der Waals surface area (Å²) in [6.07, 6.45) is 10.6. The number of hydrogen-bond donors (Lipinski definition) is 0. The summed E-state index contributed by atoms with van der Waals surface area (Å²) in [7, 11) is -0.998. The summed E-state index contributed by atoms with van der Waals surface area (Å²) in [5.41, 5.74) is 7.65. The lowest BCUT2D eigenvalue weighted by atomic mass is 9.92. The molecule has 0 fully saturated rings. The first-order valence-electron chi connectivity index (χ1n) is 15.5. The van der Waals surface area contributed by atoms with Gasteiger partial charge >= 0.3 is 0 Å². The fourth-order valence-electron chi connectivity index (χ4n) is 6.39. The molecule has 0 unspecified atom stereocenters. The quantitative estimate of drug-likeness (QED) is 0.184. The van der Waals surface area contributed by atoms with E-state index in [4.69, 9.17) is 19.9 Å². The molecule has 4 aromatic heterocycles. The number of benzene rings is 4. The number of aromatic nitrogens is 6. The highest BCUT2D eigenvalue weighted by molar-refractivity contribution is 8.32. The van der Waals surface area contributed by atoms with Crippen molar-refractivity contribution in [3.8, 4) is 23.0 Å². The van der Waals surface area contributed by atoms with Crippen molar-refractivity contribution in [1.82, 2.24) is 29.1 Å². The van der Waals surface area contributed by atoms with Crippen LogP contribution in [-0.2, 0) is 5.41 Å². The van der Waals surface area contributed by atoms with Crippen LogP contribution < -0.4 is 0 Å². The van der Waals surface area contributed by atoms with Gasteiger partial charge in [0, 0.05) is 39.4 Å². The minimum atomic E-state index is -0.998. The average Bonchev–Trinajstić information content (AvgIpc) is 3.56. The lowest BCUT2D eigenvalue weighted by molar-refractivity contribution is 0.565. The molecule has 46 heavy (non-hydrogen) atoms. The van der Waals surface area contributed by atoms with Gasteiger partial charge in [-0.15, -0.1) is 0 Å². The molecule has 0 aliphatic rings. The van der Waals surface area contributed by atoms with Crippen LogP contribution in [0.5, 0.6) is 0 Å². The van der Waals surface area contributed by atoms with E-state index in [9.17, 15) is 0 Å². The summed E-state index contributed by atoms with van der Waals surface area (Å²) in [4.78, 5) is 19.5. The van der Waals surface area contributed by atoms with E-state index in [1.54, 1.807) is 0 Å². The molecule has 0 radical (unpaired) electrons. The Kier molecular flexibility index (Phi) is 6.35. The fourth-order valence-corrected chi connectivity index (χ4v) is 7.22. The molecule has 0 bridgehead atoms. The second kappa shape index (κ2) is 10.3. The first-order valence-corrected chi connectivity index (χ1v) is 18.4. The molecule has 0 amide bonds. The summed E-state index contributed by atoms with van der Waals surface area (Å²) >= 11 is 0. The number of fused-ring (bicyclic) bond motifs is 6. The fraction of sp³-hybridized carbons (Fsp3) is 0.179. The molecule has 7 heteroatoms. The van der Waals surface area contributed by atoms with Crippen LogP contribution in [0, 0.1) is 0 Å². The first kappa shape index (κ1) is 28.5. The van der Waals surface area contributed by atoms with Crippen LogP contribution in [0.3, 0.4) is 0 Å².